The van der Waals surface area contributed by atoms with Gasteiger partial charge in [-0.15, -0.1) is 0 Å². The zero-order chi connectivity index (χ0) is 38.4. The van der Waals surface area contributed by atoms with Gasteiger partial charge in [0.2, 0.25) is 0 Å². The Kier molecular flexibility index (Phi) is 8.04. The summed E-state index contributed by atoms with van der Waals surface area (Å²) in [7, 11) is 0. The van der Waals surface area contributed by atoms with Crippen LogP contribution in [0.4, 0.5) is 0 Å². The van der Waals surface area contributed by atoms with Crippen molar-refractivity contribution in [3.05, 3.63) is 194 Å². The molecular formula is C52H32N6. The van der Waals surface area contributed by atoms with Crippen LogP contribution in [0, 0.1) is 0 Å². The molecule has 0 aliphatic rings. The maximum atomic E-state index is 5.17. The molecule has 0 saturated carbocycles. The zero-order valence-corrected chi connectivity index (χ0v) is 31.2. The highest BCUT2D eigenvalue weighted by atomic mass is 14.9. The normalized spacial score (nSPS) is 11.4. The summed E-state index contributed by atoms with van der Waals surface area (Å²) in [4.78, 5) is 29.6. The van der Waals surface area contributed by atoms with E-state index in [1.807, 2.05) is 73.1 Å². The lowest BCUT2D eigenvalue weighted by Gasteiger charge is -2.11. The largest absolute Gasteiger partial charge is 0.254 e. The summed E-state index contributed by atoms with van der Waals surface area (Å²) >= 11 is 0. The van der Waals surface area contributed by atoms with Crippen LogP contribution in [0.2, 0.25) is 0 Å². The highest BCUT2D eigenvalue weighted by Crippen LogP contribution is 2.35. The van der Waals surface area contributed by atoms with Gasteiger partial charge in [-0.1, -0.05) is 133 Å². The predicted molar refractivity (Wildman–Crippen MR) is 236 cm³/mol. The summed E-state index contributed by atoms with van der Waals surface area (Å²) in [5.41, 5.74) is 14.5. The number of hydrogen-bond acceptors (Lipinski definition) is 6. The fourth-order valence-electron chi connectivity index (χ4n) is 7.79. The van der Waals surface area contributed by atoms with Gasteiger partial charge in [0.05, 0.1) is 39.1 Å². The smallest absolute Gasteiger partial charge is 0.179 e. The number of hydrogen-bond donors (Lipinski definition) is 0. The summed E-state index contributed by atoms with van der Waals surface area (Å²) in [5, 5.41) is 4.28. The van der Waals surface area contributed by atoms with Crippen LogP contribution in [-0.2, 0) is 0 Å². The van der Waals surface area contributed by atoms with Crippen molar-refractivity contribution in [3.8, 4) is 67.5 Å². The van der Waals surface area contributed by atoms with Gasteiger partial charge < -0.3 is 0 Å². The van der Waals surface area contributed by atoms with E-state index in [-0.39, 0.29) is 0 Å². The second-order valence-corrected chi connectivity index (χ2v) is 14.4. The molecule has 0 radical (unpaired) electrons. The minimum atomic E-state index is 0.580. The Labute approximate surface area is 334 Å². The van der Waals surface area contributed by atoms with E-state index in [0.717, 1.165) is 99.6 Å². The molecule has 11 aromatic rings. The van der Waals surface area contributed by atoms with Gasteiger partial charge in [0.1, 0.15) is 5.69 Å². The fourth-order valence-corrected chi connectivity index (χ4v) is 7.79. The lowest BCUT2D eigenvalue weighted by Crippen LogP contribution is -1.97. The van der Waals surface area contributed by atoms with Gasteiger partial charge in [0.15, 0.2) is 5.82 Å². The van der Waals surface area contributed by atoms with E-state index in [1.54, 1.807) is 0 Å². The molecule has 0 saturated heterocycles. The maximum absolute atomic E-state index is 5.17. The maximum Gasteiger partial charge on any atom is 0.179 e. The molecule has 0 aliphatic carbocycles. The lowest BCUT2D eigenvalue weighted by atomic mass is 9.95. The van der Waals surface area contributed by atoms with Crippen molar-refractivity contribution in [2.45, 2.75) is 0 Å². The van der Waals surface area contributed by atoms with Crippen molar-refractivity contribution >= 4 is 43.6 Å². The molecule has 5 aromatic heterocycles. The third-order valence-corrected chi connectivity index (χ3v) is 10.8. The number of aromatic nitrogens is 6. The molecule has 0 bridgehead atoms. The molecular weight excluding hydrogens is 709 g/mol. The van der Waals surface area contributed by atoms with Crippen molar-refractivity contribution in [3.63, 3.8) is 0 Å². The molecule has 0 atom stereocenters. The van der Waals surface area contributed by atoms with Gasteiger partial charge in [0.25, 0.3) is 0 Å². The van der Waals surface area contributed by atoms with Gasteiger partial charge in [0, 0.05) is 50.6 Å². The van der Waals surface area contributed by atoms with E-state index in [0.29, 0.717) is 11.5 Å². The minimum absolute atomic E-state index is 0.580. The fraction of sp³-hybridized carbons (Fsp3) is 0. The van der Waals surface area contributed by atoms with Gasteiger partial charge in [-0.25, -0.2) is 19.9 Å². The summed E-state index contributed by atoms with van der Waals surface area (Å²) in [5.74, 6) is 0.580. The van der Waals surface area contributed by atoms with E-state index in [4.69, 9.17) is 24.9 Å². The summed E-state index contributed by atoms with van der Waals surface area (Å²) in [6.45, 7) is 0. The van der Waals surface area contributed by atoms with Crippen molar-refractivity contribution in [1.82, 2.24) is 29.9 Å². The van der Waals surface area contributed by atoms with Crippen LogP contribution in [0.25, 0.3) is 111 Å². The monoisotopic (exact) mass is 740 g/mol. The standard InChI is InChI=1S/C52H32N6/c1-3-9-35(10-4-1)48-32-49(36-11-5-2-6-12-36)58-52(57-48)45-26-24-38-20-22-40(31-47(38)56-45)44-25-23-37-19-21-39(30-46(37)55-44)33-15-17-34(18-16-33)43-29-41-13-7-27-53-50(41)51-42(43)14-8-28-54-51/h1-32H. The first kappa shape index (κ1) is 33.4. The molecule has 58 heavy (non-hydrogen) atoms. The number of rotatable bonds is 6. The third-order valence-electron chi connectivity index (χ3n) is 10.8. The van der Waals surface area contributed by atoms with E-state index in [2.05, 4.69) is 126 Å². The molecule has 0 aliphatic heterocycles. The number of pyridine rings is 4. The molecule has 5 heterocycles. The molecule has 6 heteroatoms. The van der Waals surface area contributed by atoms with E-state index < -0.39 is 0 Å². The van der Waals surface area contributed by atoms with Crippen LogP contribution in [0.5, 0.6) is 0 Å². The minimum Gasteiger partial charge on any atom is -0.254 e. The second kappa shape index (κ2) is 14.0. The zero-order valence-electron chi connectivity index (χ0n) is 31.2. The molecule has 6 nitrogen and oxygen atoms in total. The van der Waals surface area contributed by atoms with Crippen LogP contribution in [0.1, 0.15) is 0 Å². The Balaban J connectivity index is 0.930. The van der Waals surface area contributed by atoms with Gasteiger partial charge >= 0.3 is 0 Å². The first-order chi connectivity index (χ1) is 28.7. The van der Waals surface area contributed by atoms with E-state index in [9.17, 15) is 0 Å². The van der Waals surface area contributed by atoms with Crippen LogP contribution in [0.3, 0.4) is 0 Å². The van der Waals surface area contributed by atoms with Crippen LogP contribution in [-0.4, -0.2) is 29.9 Å². The average Bonchev–Trinajstić information content (AvgIpc) is 3.31. The molecule has 0 fully saturated rings. The molecule has 0 spiro atoms. The number of nitrogens with zero attached hydrogens (tertiary/aromatic N) is 6. The molecule has 0 amide bonds. The van der Waals surface area contributed by atoms with E-state index >= 15 is 0 Å². The van der Waals surface area contributed by atoms with E-state index in [1.165, 1.54) is 0 Å². The first-order valence-corrected chi connectivity index (χ1v) is 19.3. The summed E-state index contributed by atoms with van der Waals surface area (Å²) in [6, 6.07) is 62.7. The van der Waals surface area contributed by atoms with Gasteiger partial charge in [-0.3, -0.25) is 9.97 Å². The average molecular weight is 741 g/mol. The van der Waals surface area contributed by atoms with Crippen LogP contribution >= 0.6 is 0 Å². The molecule has 270 valence electrons. The van der Waals surface area contributed by atoms with Crippen molar-refractivity contribution in [2.24, 2.45) is 0 Å². The Hall–Kier alpha value is -7.96. The van der Waals surface area contributed by atoms with Gasteiger partial charge in [-0.05, 0) is 70.8 Å². The summed E-state index contributed by atoms with van der Waals surface area (Å²) in [6.07, 6.45) is 3.66. The second-order valence-electron chi connectivity index (χ2n) is 14.4. The predicted octanol–water partition coefficient (Wildman–Crippen LogP) is 12.7. The molecule has 0 N–H and O–H groups in total. The highest BCUT2D eigenvalue weighted by molar-refractivity contribution is 6.10. The van der Waals surface area contributed by atoms with Crippen molar-refractivity contribution in [2.75, 3.05) is 0 Å². The van der Waals surface area contributed by atoms with Crippen molar-refractivity contribution < 1.29 is 0 Å². The highest BCUT2D eigenvalue weighted by Gasteiger charge is 2.14. The van der Waals surface area contributed by atoms with Crippen LogP contribution in [0.15, 0.2) is 194 Å². The molecule has 6 aromatic carbocycles. The Morgan fingerprint density at radius 2 is 0.845 bits per heavy atom. The summed E-state index contributed by atoms with van der Waals surface area (Å²) < 4.78 is 0. The Morgan fingerprint density at radius 1 is 0.293 bits per heavy atom. The topological polar surface area (TPSA) is 77.3 Å². The van der Waals surface area contributed by atoms with Crippen LogP contribution < -0.4 is 0 Å². The number of fused-ring (bicyclic) bond motifs is 5. The number of benzene rings is 6. The van der Waals surface area contributed by atoms with Gasteiger partial charge in [-0.2, -0.15) is 0 Å². The quantitative estimate of drug-likeness (QED) is 0.158. The van der Waals surface area contributed by atoms with Crippen molar-refractivity contribution in [1.29, 1.82) is 0 Å². The first-order valence-electron chi connectivity index (χ1n) is 19.3. The third kappa shape index (κ3) is 6.10. The SMILES string of the molecule is c1ccc(-c2cc(-c3ccccc3)nc(-c3ccc4ccc(-c5ccc6ccc(-c7ccc(-c8cc9cccnc9c9ncccc89)cc7)cc6n5)cc4n3)n2)cc1. The molecule has 0 unspecified atom stereocenters. The Bertz CT molecular complexity index is 3270. The lowest BCUT2D eigenvalue weighted by molar-refractivity contribution is 1.16. The molecule has 11 rings (SSSR count). The Morgan fingerprint density at radius 3 is 1.55 bits per heavy atom.